The number of benzene rings is 3. The Morgan fingerprint density at radius 2 is 1.86 bits per heavy atom. The Labute approximate surface area is 173 Å². The molecular weight excluding hydrogens is 384 g/mol. The molecule has 6 heteroatoms. The van der Waals surface area contributed by atoms with Gasteiger partial charge in [0.1, 0.15) is 0 Å². The van der Waals surface area contributed by atoms with Crippen molar-refractivity contribution in [1.82, 2.24) is 5.32 Å². The first-order chi connectivity index (χ1) is 14.2. The summed E-state index contributed by atoms with van der Waals surface area (Å²) in [5.74, 6) is 1.15. The number of thioether (sulfide) groups is 1. The fraction of sp³-hybridized carbons (Fsp3) is 0.130. The lowest BCUT2D eigenvalue weighted by atomic mass is 10.1. The van der Waals surface area contributed by atoms with Gasteiger partial charge in [0.15, 0.2) is 16.7 Å². The molecule has 1 fully saturated rings. The average molecular weight is 404 g/mol. The van der Waals surface area contributed by atoms with Crippen molar-refractivity contribution >= 4 is 45.4 Å². The first-order valence-corrected chi connectivity index (χ1v) is 10.1. The van der Waals surface area contributed by atoms with Crippen molar-refractivity contribution < 1.29 is 14.3 Å². The van der Waals surface area contributed by atoms with E-state index in [2.05, 4.69) is 16.4 Å². The van der Waals surface area contributed by atoms with Gasteiger partial charge in [-0.3, -0.25) is 4.79 Å². The zero-order valence-corrected chi connectivity index (χ0v) is 17.0. The highest BCUT2D eigenvalue weighted by molar-refractivity contribution is 8.18. The fourth-order valence-electron chi connectivity index (χ4n) is 3.04. The van der Waals surface area contributed by atoms with Crippen molar-refractivity contribution in [3.8, 4) is 11.5 Å². The molecule has 5 nitrogen and oxygen atoms in total. The van der Waals surface area contributed by atoms with E-state index in [0.29, 0.717) is 28.2 Å². The Kier molecular flexibility index (Phi) is 5.53. The maximum Gasteiger partial charge on any atom is 0.264 e. The number of carbonyl (C=O) groups is 1. The summed E-state index contributed by atoms with van der Waals surface area (Å²) >= 11 is 1.32. The molecule has 0 aromatic heterocycles. The van der Waals surface area contributed by atoms with E-state index < -0.39 is 0 Å². The minimum Gasteiger partial charge on any atom is -0.493 e. The summed E-state index contributed by atoms with van der Waals surface area (Å²) < 4.78 is 10.9. The first kappa shape index (κ1) is 19.1. The Morgan fingerprint density at radius 3 is 2.66 bits per heavy atom. The molecule has 0 saturated carbocycles. The smallest absolute Gasteiger partial charge is 0.264 e. The van der Waals surface area contributed by atoms with Gasteiger partial charge in [-0.25, -0.2) is 4.99 Å². The van der Waals surface area contributed by atoms with Crippen LogP contribution in [0.5, 0.6) is 11.5 Å². The molecule has 0 unspecified atom stereocenters. The number of carbonyl (C=O) groups excluding carboxylic acids is 1. The highest BCUT2D eigenvalue weighted by atomic mass is 32.2. The number of methoxy groups -OCH3 is 1. The van der Waals surface area contributed by atoms with E-state index in [4.69, 9.17) is 9.47 Å². The highest BCUT2D eigenvalue weighted by Gasteiger charge is 2.24. The lowest BCUT2D eigenvalue weighted by Crippen LogP contribution is -2.19. The van der Waals surface area contributed by atoms with E-state index in [1.165, 1.54) is 11.8 Å². The van der Waals surface area contributed by atoms with Crippen LogP contribution in [0.1, 0.15) is 12.5 Å². The number of fused-ring (bicyclic) bond motifs is 1. The number of aliphatic imine (C=N–C) groups is 1. The van der Waals surface area contributed by atoms with E-state index in [9.17, 15) is 4.79 Å². The van der Waals surface area contributed by atoms with Crippen LogP contribution in [0.15, 0.2) is 70.6 Å². The SMILES string of the molecule is CCOc1ccc(C=C2SC(=Nc3ccc4ccccc4c3)NC2=O)cc1OC. The summed E-state index contributed by atoms with van der Waals surface area (Å²) in [7, 11) is 1.60. The molecule has 0 atom stereocenters. The molecule has 1 heterocycles. The third kappa shape index (κ3) is 4.27. The van der Waals surface area contributed by atoms with Crippen LogP contribution in [0.4, 0.5) is 5.69 Å². The Hall–Kier alpha value is -3.25. The molecule has 3 aromatic carbocycles. The lowest BCUT2D eigenvalue weighted by Gasteiger charge is -2.09. The summed E-state index contributed by atoms with van der Waals surface area (Å²) in [6.07, 6.45) is 1.82. The van der Waals surface area contributed by atoms with Gasteiger partial charge in [0.2, 0.25) is 0 Å². The number of nitrogens with one attached hydrogen (secondary N) is 1. The largest absolute Gasteiger partial charge is 0.493 e. The fourth-order valence-corrected chi connectivity index (χ4v) is 3.89. The summed E-state index contributed by atoms with van der Waals surface area (Å²) in [6.45, 7) is 2.48. The van der Waals surface area contributed by atoms with E-state index in [0.717, 1.165) is 22.0 Å². The number of hydrogen-bond acceptors (Lipinski definition) is 5. The van der Waals surface area contributed by atoms with Crippen LogP contribution in [0.25, 0.3) is 16.8 Å². The standard InChI is InChI=1S/C23H20N2O3S/c1-3-28-19-11-8-15(12-20(19)27-2)13-21-22(26)25-23(29-21)24-18-10-9-16-6-4-5-7-17(16)14-18/h4-14H,3H2,1-2H3,(H,24,25,26). The molecule has 146 valence electrons. The summed E-state index contributed by atoms with van der Waals surface area (Å²) in [6, 6.07) is 19.7. The number of rotatable bonds is 5. The van der Waals surface area contributed by atoms with Crippen molar-refractivity contribution in [3.05, 3.63) is 71.1 Å². The topological polar surface area (TPSA) is 59.9 Å². The molecular formula is C23H20N2O3S. The molecule has 29 heavy (non-hydrogen) atoms. The van der Waals surface area contributed by atoms with Crippen LogP contribution in [0.2, 0.25) is 0 Å². The third-order valence-corrected chi connectivity index (χ3v) is 5.31. The first-order valence-electron chi connectivity index (χ1n) is 9.25. The van der Waals surface area contributed by atoms with E-state index in [1.54, 1.807) is 7.11 Å². The molecule has 0 spiro atoms. The monoisotopic (exact) mass is 404 g/mol. The highest BCUT2D eigenvalue weighted by Crippen LogP contribution is 2.32. The van der Waals surface area contributed by atoms with E-state index >= 15 is 0 Å². The molecule has 1 saturated heterocycles. The molecule has 1 aliphatic rings. The van der Waals surface area contributed by atoms with Gasteiger partial charge in [0, 0.05) is 0 Å². The van der Waals surface area contributed by atoms with Gasteiger partial charge in [0.25, 0.3) is 5.91 Å². The molecule has 1 amide bonds. The van der Waals surface area contributed by atoms with Gasteiger partial charge >= 0.3 is 0 Å². The van der Waals surface area contributed by atoms with Crippen LogP contribution in [-0.2, 0) is 4.79 Å². The van der Waals surface area contributed by atoms with Crippen molar-refractivity contribution in [2.45, 2.75) is 6.92 Å². The Bertz CT molecular complexity index is 1140. The van der Waals surface area contributed by atoms with Gasteiger partial charge in [-0.1, -0.05) is 36.4 Å². The van der Waals surface area contributed by atoms with E-state index in [1.807, 2.05) is 67.6 Å². The average Bonchev–Trinajstić information content (AvgIpc) is 3.07. The second-order valence-corrected chi connectivity index (χ2v) is 7.39. The second-order valence-electron chi connectivity index (χ2n) is 6.36. The molecule has 0 bridgehead atoms. The van der Waals surface area contributed by atoms with Gasteiger partial charge in [-0.15, -0.1) is 0 Å². The Morgan fingerprint density at radius 1 is 1.03 bits per heavy atom. The zero-order valence-electron chi connectivity index (χ0n) is 16.1. The molecule has 4 rings (SSSR count). The van der Waals surface area contributed by atoms with Crippen molar-refractivity contribution in [2.24, 2.45) is 4.99 Å². The minimum absolute atomic E-state index is 0.164. The van der Waals surface area contributed by atoms with Crippen LogP contribution in [0, 0.1) is 0 Å². The normalized spacial score (nSPS) is 16.4. The summed E-state index contributed by atoms with van der Waals surface area (Å²) in [4.78, 5) is 17.5. The molecule has 0 aliphatic carbocycles. The van der Waals surface area contributed by atoms with Crippen molar-refractivity contribution in [2.75, 3.05) is 13.7 Å². The van der Waals surface area contributed by atoms with Crippen molar-refractivity contribution in [1.29, 1.82) is 0 Å². The predicted octanol–water partition coefficient (Wildman–Crippen LogP) is 5.14. The van der Waals surface area contributed by atoms with Crippen LogP contribution in [-0.4, -0.2) is 24.8 Å². The van der Waals surface area contributed by atoms with Gasteiger partial charge < -0.3 is 14.8 Å². The summed E-state index contributed by atoms with van der Waals surface area (Å²) in [5, 5.41) is 5.66. The molecule has 0 radical (unpaired) electrons. The third-order valence-electron chi connectivity index (χ3n) is 4.40. The zero-order chi connectivity index (χ0) is 20.2. The minimum atomic E-state index is -0.164. The predicted molar refractivity (Wildman–Crippen MR) is 119 cm³/mol. The van der Waals surface area contributed by atoms with Gasteiger partial charge in [0.05, 0.1) is 24.3 Å². The molecule has 3 aromatic rings. The second kappa shape index (κ2) is 8.41. The van der Waals surface area contributed by atoms with Gasteiger partial charge in [-0.2, -0.15) is 0 Å². The number of nitrogens with zero attached hydrogens (tertiary/aromatic N) is 1. The van der Waals surface area contributed by atoms with Crippen LogP contribution in [0.3, 0.4) is 0 Å². The molecule has 1 N–H and O–H groups in total. The van der Waals surface area contributed by atoms with Gasteiger partial charge in [-0.05, 0) is 65.4 Å². The number of hydrogen-bond donors (Lipinski definition) is 1. The maximum absolute atomic E-state index is 12.4. The maximum atomic E-state index is 12.4. The van der Waals surface area contributed by atoms with Crippen LogP contribution >= 0.6 is 11.8 Å². The summed E-state index contributed by atoms with van der Waals surface area (Å²) in [5.41, 5.74) is 1.66. The van der Waals surface area contributed by atoms with E-state index in [-0.39, 0.29) is 5.91 Å². The number of amides is 1. The van der Waals surface area contributed by atoms with Crippen LogP contribution < -0.4 is 14.8 Å². The molecule has 1 aliphatic heterocycles. The Balaban J connectivity index is 1.57. The van der Waals surface area contributed by atoms with Crippen molar-refractivity contribution in [3.63, 3.8) is 0 Å². The lowest BCUT2D eigenvalue weighted by molar-refractivity contribution is -0.115. The number of ether oxygens (including phenoxy) is 2. The number of amidine groups is 1. The quantitative estimate of drug-likeness (QED) is 0.598.